The lowest BCUT2D eigenvalue weighted by atomic mass is 10.2. The molecule has 27 heavy (non-hydrogen) atoms. The minimum Gasteiger partial charge on any atom is -0.321 e. The average Bonchev–Trinajstić information content (AvgIpc) is 2.69. The largest absolute Gasteiger partial charge is 0.321 e. The van der Waals surface area contributed by atoms with E-state index in [1.807, 2.05) is 30.3 Å². The van der Waals surface area contributed by atoms with Gasteiger partial charge in [-0.2, -0.15) is 0 Å². The molecule has 0 spiro atoms. The summed E-state index contributed by atoms with van der Waals surface area (Å²) in [5.74, 6) is -0.441. The van der Waals surface area contributed by atoms with Gasteiger partial charge in [0.2, 0.25) is 10.0 Å². The molecule has 0 atom stereocenters. The van der Waals surface area contributed by atoms with Gasteiger partial charge in [0.15, 0.2) is 0 Å². The van der Waals surface area contributed by atoms with Crippen LogP contribution in [0.25, 0.3) is 0 Å². The number of hydrogen-bond donors (Lipinski definition) is 2. The molecule has 3 aromatic rings. The van der Waals surface area contributed by atoms with Crippen molar-refractivity contribution < 1.29 is 13.2 Å². The second-order valence-electron chi connectivity index (χ2n) is 5.77. The Morgan fingerprint density at radius 1 is 0.889 bits per heavy atom. The lowest BCUT2D eigenvalue weighted by molar-refractivity contribution is 0.102. The van der Waals surface area contributed by atoms with Crippen molar-refractivity contribution in [3.05, 3.63) is 95.0 Å². The van der Waals surface area contributed by atoms with Crippen molar-refractivity contribution in [1.29, 1.82) is 0 Å². The average molecular weight is 401 g/mol. The van der Waals surface area contributed by atoms with Crippen LogP contribution < -0.4 is 10.0 Å². The van der Waals surface area contributed by atoms with Crippen molar-refractivity contribution in [2.24, 2.45) is 0 Å². The molecule has 0 radical (unpaired) electrons. The number of anilines is 1. The monoisotopic (exact) mass is 400 g/mol. The van der Waals surface area contributed by atoms with Crippen LogP contribution in [0.2, 0.25) is 5.02 Å². The van der Waals surface area contributed by atoms with E-state index in [1.54, 1.807) is 30.3 Å². The van der Waals surface area contributed by atoms with E-state index in [0.29, 0.717) is 10.7 Å². The van der Waals surface area contributed by atoms with Crippen molar-refractivity contribution in [2.45, 2.75) is 11.4 Å². The van der Waals surface area contributed by atoms with Crippen molar-refractivity contribution in [2.75, 3.05) is 5.32 Å². The van der Waals surface area contributed by atoms with Gasteiger partial charge in [-0.3, -0.25) is 4.79 Å². The first-order chi connectivity index (χ1) is 13.0. The van der Waals surface area contributed by atoms with E-state index >= 15 is 0 Å². The van der Waals surface area contributed by atoms with Crippen LogP contribution in [-0.4, -0.2) is 14.3 Å². The molecule has 0 aliphatic heterocycles. The van der Waals surface area contributed by atoms with E-state index < -0.39 is 15.9 Å². The molecule has 7 heteroatoms. The van der Waals surface area contributed by atoms with Gasteiger partial charge < -0.3 is 5.32 Å². The summed E-state index contributed by atoms with van der Waals surface area (Å²) >= 11 is 6.04. The highest BCUT2D eigenvalue weighted by Crippen LogP contribution is 2.21. The third-order valence-corrected chi connectivity index (χ3v) is 5.57. The Kier molecular flexibility index (Phi) is 5.91. The molecule has 0 aromatic heterocycles. The summed E-state index contributed by atoms with van der Waals surface area (Å²) in [5, 5.41) is 3.08. The smallest absolute Gasteiger partial charge is 0.255 e. The minimum atomic E-state index is -3.75. The fraction of sp³-hybridized carbons (Fsp3) is 0.0500. The van der Waals surface area contributed by atoms with E-state index in [-0.39, 0.29) is 17.0 Å². The molecule has 0 saturated heterocycles. The summed E-state index contributed by atoms with van der Waals surface area (Å²) in [4.78, 5) is 12.5. The number of rotatable bonds is 6. The lowest BCUT2D eigenvalue weighted by Crippen LogP contribution is -2.23. The zero-order valence-corrected chi connectivity index (χ0v) is 15.8. The third kappa shape index (κ3) is 4.95. The van der Waals surface area contributed by atoms with Gasteiger partial charge in [-0.25, -0.2) is 13.1 Å². The number of carbonyl (C=O) groups is 1. The maximum absolute atomic E-state index is 12.5. The number of hydrogen-bond acceptors (Lipinski definition) is 3. The van der Waals surface area contributed by atoms with Gasteiger partial charge in [0.25, 0.3) is 5.91 Å². The van der Waals surface area contributed by atoms with E-state index in [1.165, 1.54) is 18.2 Å². The Morgan fingerprint density at radius 3 is 2.33 bits per heavy atom. The second-order valence-corrected chi connectivity index (χ2v) is 7.95. The van der Waals surface area contributed by atoms with Gasteiger partial charge in [0.1, 0.15) is 0 Å². The number of amides is 1. The highest BCUT2D eigenvalue weighted by molar-refractivity contribution is 7.89. The van der Waals surface area contributed by atoms with E-state index in [9.17, 15) is 13.2 Å². The molecule has 0 heterocycles. The van der Waals surface area contributed by atoms with Gasteiger partial charge >= 0.3 is 0 Å². The van der Waals surface area contributed by atoms with Crippen LogP contribution in [-0.2, 0) is 16.6 Å². The number of para-hydroxylation sites is 1. The predicted molar refractivity (Wildman–Crippen MR) is 106 cm³/mol. The summed E-state index contributed by atoms with van der Waals surface area (Å²) in [5.41, 5.74) is 1.52. The molecule has 2 N–H and O–H groups in total. The number of benzene rings is 3. The molecule has 3 aromatic carbocycles. The normalized spacial score (nSPS) is 11.1. The standard InChI is InChI=1S/C20H17ClN2O3S/c21-18-11-4-5-12-19(18)23-20(24)16-9-6-10-17(13-16)27(25,26)22-14-15-7-2-1-3-8-15/h1-13,22H,14H2,(H,23,24). The lowest BCUT2D eigenvalue weighted by Gasteiger charge is -2.10. The molecule has 0 aliphatic carbocycles. The Morgan fingerprint density at radius 2 is 1.59 bits per heavy atom. The fourth-order valence-corrected chi connectivity index (χ4v) is 3.67. The van der Waals surface area contributed by atoms with Crippen LogP contribution in [0.5, 0.6) is 0 Å². The molecule has 138 valence electrons. The molecule has 0 aliphatic rings. The van der Waals surface area contributed by atoms with E-state index in [4.69, 9.17) is 11.6 Å². The number of carbonyl (C=O) groups excluding carboxylic acids is 1. The first kappa shape index (κ1) is 19.1. The van der Waals surface area contributed by atoms with Crippen LogP contribution in [0.3, 0.4) is 0 Å². The van der Waals surface area contributed by atoms with Gasteiger partial charge in [0.05, 0.1) is 15.6 Å². The van der Waals surface area contributed by atoms with Gasteiger partial charge in [0, 0.05) is 12.1 Å². The van der Waals surface area contributed by atoms with E-state index in [2.05, 4.69) is 10.0 Å². The molecule has 0 saturated carbocycles. The van der Waals surface area contributed by atoms with Gasteiger partial charge in [-0.05, 0) is 35.9 Å². The molecule has 0 fully saturated rings. The van der Waals surface area contributed by atoms with Crippen molar-refractivity contribution >= 4 is 33.2 Å². The maximum Gasteiger partial charge on any atom is 0.255 e. The summed E-state index contributed by atoms with van der Waals surface area (Å²) < 4.78 is 27.6. The molecule has 1 amide bonds. The molecule has 3 rings (SSSR count). The molecule has 0 bridgehead atoms. The summed E-state index contributed by atoms with van der Waals surface area (Å²) in [6.45, 7) is 0.166. The SMILES string of the molecule is O=C(Nc1ccccc1Cl)c1cccc(S(=O)(=O)NCc2ccccc2)c1. The Balaban J connectivity index is 1.76. The number of halogens is 1. The van der Waals surface area contributed by atoms with Crippen molar-refractivity contribution in [3.8, 4) is 0 Å². The molecular weight excluding hydrogens is 384 g/mol. The summed E-state index contributed by atoms with van der Waals surface area (Å²) in [7, 11) is -3.75. The number of nitrogens with one attached hydrogen (secondary N) is 2. The Labute approximate surface area is 163 Å². The first-order valence-electron chi connectivity index (χ1n) is 8.15. The van der Waals surface area contributed by atoms with Crippen LogP contribution in [0.1, 0.15) is 15.9 Å². The maximum atomic E-state index is 12.5. The Bertz CT molecular complexity index is 1050. The van der Waals surface area contributed by atoms with Crippen LogP contribution >= 0.6 is 11.6 Å². The van der Waals surface area contributed by atoms with E-state index in [0.717, 1.165) is 5.56 Å². The quantitative estimate of drug-likeness (QED) is 0.654. The molecule has 0 unspecified atom stereocenters. The van der Waals surface area contributed by atoms with Crippen LogP contribution in [0.15, 0.2) is 83.8 Å². The Hall–Kier alpha value is -2.67. The zero-order valence-electron chi connectivity index (χ0n) is 14.2. The third-order valence-electron chi connectivity index (χ3n) is 3.84. The summed E-state index contributed by atoms with van der Waals surface area (Å²) in [6, 6.07) is 21.9. The van der Waals surface area contributed by atoms with Crippen LogP contribution in [0.4, 0.5) is 5.69 Å². The van der Waals surface area contributed by atoms with Crippen LogP contribution in [0, 0.1) is 0 Å². The minimum absolute atomic E-state index is 0.0187. The number of sulfonamides is 1. The second kappa shape index (κ2) is 8.35. The van der Waals surface area contributed by atoms with Crippen molar-refractivity contribution in [1.82, 2.24) is 4.72 Å². The predicted octanol–water partition coefficient (Wildman–Crippen LogP) is 4.07. The fourth-order valence-electron chi connectivity index (χ4n) is 2.42. The first-order valence-corrected chi connectivity index (χ1v) is 10.0. The van der Waals surface area contributed by atoms with Gasteiger partial charge in [-0.15, -0.1) is 0 Å². The highest BCUT2D eigenvalue weighted by Gasteiger charge is 2.16. The topological polar surface area (TPSA) is 75.3 Å². The molecular formula is C20H17ClN2O3S. The van der Waals surface area contributed by atoms with Crippen molar-refractivity contribution in [3.63, 3.8) is 0 Å². The van der Waals surface area contributed by atoms with Gasteiger partial charge in [-0.1, -0.05) is 60.1 Å². The summed E-state index contributed by atoms with van der Waals surface area (Å²) in [6.07, 6.45) is 0. The molecule has 5 nitrogen and oxygen atoms in total. The zero-order chi connectivity index (χ0) is 19.3. The highest BCUT2D eigenvalue weighted by atomic mass is 35.5.